The lowest BCUT2D eigenvalue weighted by Gasteiger charge is -2.09. The number of carbonyl (C=O) groups excluding carboxylic acids is 1. The lowest BCUT2D eigenvalue weighted by Crippen LogP contribution is -2.17. The predicted molar refractivity (Wildman–Crippen MR) is 85.7 cm³/mol. The molecule has 0 radical (unpaired) electrons. The number of carbonyl (C=O) groups is 1. The Hall–Kier alpha value is -2.02. The van der Waals surface area contributed by atoms with Gasteiger partial charge in [0.1, 0.15) is 11.5 Å². The smallest absolute Gasteiger partial charge is 0.349 e. The number of nitrogens with zero attached hydrogens (tertiary/aromatic N) is 1. The van der Waals surface area contributed by atoms with E-state index in [-0.39, 0.29) is 32.3 Å². The van der Waals surface area contributed by atoms with E-state index in [0.29, 0.717) is 0 Å². The van der Waals surface area contributed by atoms with Crippen LogP contribution in [-0.2, 0) is 4.79 Å². The van der Waals surface area contributed by atoms with Crippen LogP contribution >= 0.6 is 34.8 Å². The van der Waals surface area contributed by atoms with Gasteiger partial charge in [0, 0.05) is 18.2 Å². The number of hydrogen-bond donors (Lipinski definition) is 0. The summed E-state index contributed by atoms with van der Waals surface area (Å²) >= 11 is 17.5. The number of rotatable bonds is 5. The highest BCUT2D eigenvalue weighted by molar-refractivity contribution is 6.43. The molecule has 0 spiro atoms. The van der Waals surface area contributed by atoms with Crippen molar-refractivity contribution in [2.45, 2.75) is 0 Å². The third-order valence-corrected chi connectivity index (χ3v) is 3.62. The molecule has 0 aliphatic rings. The molecule has 2 aromatic rings. The van der Waals surface area contributed by atoms with E-state index in [1.165, 1.54) is 36.4 Å². The van der Waals surface area contributed by atoms with Gasteiger partial charge in [0.2, 0.25) is 0 Å². The van der Waals surface area contributed by atoms with Crippen molar-refractivity contribution in [3.63, 3.8) is 0 Å². The first kappa shape index (κ1) is 17.3. The molecule has 0 saturated carbocycles. The number of hydrogen-bond acceptors (Lipinski definition) is 5. The molecule has 120 valence electrons. The summed E-state index contributed by atoms with van der Waals surface area (Å²) in [4.78, 5) is 21.7. The fourth-order valence-electron chi connectivity index (χ4n) is 1.55. The fourth-order valence-corrected chi connectivity index (χ4v) is 2.14. The Labute approximate surface area is 145 Å². The van der Waals surface area contributed by atoms with Crippen LogP contribution in [0.4, 0.5) is 5.69 Å². The molecule has 6 nitrogen and oxygen atoms in total. The van der Waals surface area contributed by atoms with Crippen LogP contribution in [-0.4, -0.2) is 17.5 Å². The van der Waals surface area contributed by atoms with Gasteiger partial charge in [-0.2, -0.15) is 0 Å². The number of non-ortho nitro benzene ring substituents is 1. The molecular weight excluding hydrogens is 369 g/mol. The van der Waals surface area contributed by atoms with Gasteiger partial charge >= 0.3 is 5.97 Å². The van der Waals surface area contributed by atoms with Gasteiger partial charge in [-0.15, -0.1) is 0 Å². The molecule has 0 N–H and O–H groups in total. The highest BCUT2D eigenvalue weighted by atomic mass is 35.5. The lowest BCUT2D eigenvalue weighted by molar-refractivity contribution is -0.384. The second-order valence-electron chi connectivity index (χ2n) is 4.21. The summed E-state index contributed by atoms with van der Waals surface area (Å²) in [5, 5.41) is 11.2. The average Bonchev–Trinajstić information content (AvgIpc) is 2.50. The summed E-state index contributed by atoms with van der Waals surface area (Å²) in [6.45, 7) is -0.422. The molecule has 0 heterocycles. The molecular formula is C14H8Cl3NO5. The maximum Gasteiger partial charge on any atom is 0.349 e. The van der Waals surface area contributed by atoms with E-state index in [9.17, 15) is 14.9 Å². The molecule has 0 aliphatic carbocycles. The highest BCUT2D eigenvalue weighted by Gasteiger charge is 2.12. The Morgan fingerprint density at radius 2 is 1.65 bits per heavy atom. The first-order valence-corrected chi connectivity index (χ1v) is 7.22. The van der Waals surface area contributed by atoms with E-state index in [4.69, 9.17) is 44.3 Å². The van der Waals surface area contributed by atoms with Crippen LogP contribution in [0, 0.1) is 10.1 Å². The number of halogens is 3. The van der Waals surface area contributed by atoms with Crippen LogP contribution in [0.1, 0.15) is 0 Å². The first-order chi connectivity index (χ1) is 10.9. The number of benzene rings is 2. The van der Waals surface area contributed by atoms with E-state index in [0.717, 1.165) is 0 Å². The van der Waals surface area contributed by atoms with Gasteiger partial charge in [0.25, 0.3) is 5.69 Å². The standard InChI is InChI=1S/C14H8Cl3NO5/c15-10-5-12(17)13(6-11(10)16)22-7-14(19)23-9-3-1-8(2-4-9)18(20)21/h1-6H,7H2. The first-order valence-electron chi connectivity index (χ1n) is 6.09. The Morgan fingerprint density at radius 1 is 1.04 bits per heavy atom. The van der Waals surface area contributed by atoms with Crippen LogP contribution in [0.25, 0.3) is 0 Å². The predicted octanol–water partition coefficient (Wildman–Crippen LogP) is 4.54. The zero-order valence-electron chi connectivity index (χ0n) is 11.3. The molecule has 2 rings (SSSR count). The van der Waals surface area contributed by atoms with Crippen LogP contribution < -0.4 is 9.47 Å². The average molecular weight is 377 g/mol. The summed E-state index contributed by atoms with van der Waals surface area (Å²) in [6.07, 6.45) is 0. The van der Waals surface area contributed by atoms with Gasteiger partial charge in [-0.1, -0.05) is 34.8 Å². The van der Waals surface area contributed by atoms with Crippen molar-refractivity contribution in [1.29, 1.82) is 0 Å². The van der Waals surface area contributed by atoms with E-state index in [1.807, 2.05) is 0 Å². The largest absolute Gasteiger partial charge is 0.480 e. The van der Waals surface area contributed by atoms with E-state index >= 15 is 0 Å². The summed E-state index contributed by atoms with van der Waals surface area (Å²) < 4.78 is 10.2. The second-order valence-corrected chi connectivity index (χ2v) is 5.43. The Kier molecular flexibility index (Phi) is 5.65. The summed E-state index contributed by atoms with van der Waals surface area (Å²) in [5.74, 6) is -0.368. The van der Waals surface area contributed by atoms with Crippen molar-refractivity contribution in [2.24, 2.45) is 0 Å². The van der Waals surface area contributed by atoms with Gasteiger partial charge in [-0.3, -0.25) is 10.1 Å². The quantitative estimate of drug-likeness (QED) is 0.252. The Balaban J connectivity index is 1.95. The van der Waals surface area contributed by atoms with Crippen LogP contribution in [0.2, 0.25) is 15.1 Å². The van der Waals surface area contributed by atoms with Crippen LogP contribution in [0.5, 0.6) is 11.5 Å². The molecule has 0 bridgehead atoms. The number of nitro benzene ring substituents is 1. The monoisotopic (exact) mass is 375 g/mol. The minimum atomic E-state index is -0.707. The number of esters is 1. The van der Waals surface area contributed by atoms with Gasteiger partial charge in [-0.05, 0) is 18.2 Å². The SMILES string of the molecule is O=C(COc1cc(Cl)c(Cl)cc1Cl)Oc1ccc([N+](=O)[O-])cc1. The molecule has 0 saturated heterocycles. The molecule has 0 aromatic heterocycles. The molecule has 0 fully saturated rings. The minimum Gasteiger partial charge on any atom is -0.480 e. The normalized spacial score (nSPS) is 10.2. The Morgan fingerprint density at radius 3 is 2.26 bits per heavy atom. The van der Waals surface area contributed by atoms with Crippen molar-refractivity contribution in [3.05, 3.63) is 61.6 Å². The molecule has 0 atom stereocenters. The van der Waals surface area contributed by atoms with Gasteiger partial charge in [0.15, 0.2) is 6.61 Å². The topological polar surface area (TPSA) is 78.7 Å². The summed E-state index contributed by atoms with van der Waals surface area (Å²) in [5.41, 5.74) is -0.108. The van der Waals surface area contributed by atoms with E-state index < -0.39 is 17.5 Å². The maximum absolute atomic E-state index is 11.7. The number of nitro groups is 1. The second kappa shape index (κ2) is 7.50. The van der Waals surface area contributed by atoms with Crippen molar-refractivity contribution in [3.8, 4) is 11.5 Å². The van der Waals surface area contributed by atoms with Crippen LogP contribution in [0.15, 0.2) is 36.4 Å². The van der Waals surface area contributed by atoms with Crippen LogP contribution in [0.3, 0.4) is 0 Å². The van der Waals surface area contributed by atoms with Gasteiger partial charge in [0.05, 0.1) is 20.0 Å². The van der Waals surface area contributed by atoms with Gasteiger partial charge < -0.3 is 9.47 Å². The minimum absolute atomic E-state index is 0.108. The van der Waals surface area contributed by atoms with E-state index in [2.05, 4.69) is 0 Å². The summed E-state index contributed by atoms with van der Waals surface area (Å²) in [6, 6.07) is 7.83. The maximum atomic E-state index is 11.7. The van der Waals surface area contributed by atoms with Crippen molar-refractivity contribution >= 4 is 46.5 Å². The zero-order valence-corrected chi connectivity index (χ0v) is 13.6. The van der Waals surface area contributed by atoms with Crippen molar-refractivity contribution in [2.75, 3.05) is 6.61 Å². The zero-order chi connectivity index (χ0) is 17.0. The Bertz CT molecular complexity index is 749. The molecule has 9 heteroatoms. The molecule has 23 heavy (non-hydrogen) atoms. The fraction of sp³-hybridized carbons (Fsp3) is 0.0714. The molecule has 0 aliphatic heterocycles. The summed E-state index contributed by atoms with van der Waals surface area (Å²) in [7, 11) is 0. The lowest BCUT2D eigenvalue weighted by atomic mass is 10.3. The molecule has 2 aromatic carbocycles. The van der Waals surface area contributed by atoms with Gasteiger partial charge in [-0.25, -0.2) is 4.79 Å². The molecule has 0 amide bonds. The third-order valence-electron chi connectivity index (χ3n) is 2.60. The highest BCUT2D eigenvalue weighted by Crippen LogP contribution is 2.33. The van der Waals surface area contributed by atoms with Crippen molar-refractivity contribution < 1.29 is 19.2 Å². The van der Waals surface area contributed by atoms with E-state index in [1.54, 1.807) is 0 Å². The molecule has 0 unspecified atom stereocenters. The third kappa shape index (κ3) is 4.72. The number of ether oxygens (including phenoxy) is 2. The van der Waals surface area contributed by atoms with Crippen molar-refractivity contribution in [1.82, 2.24) is 0 Å².